The van der Waals surface area contributed by atoms with Crippen LogP contribution in [0.1, 0.15) is 63.9 Å². The average molecular weight is 533 g/mol. The van der Waals surface area contributed by atoms with Gasteiger partial charge in [0.2, 0.25) is 11.9 Å². The molecule has 0 saturated carbocycles. The molecule has 3 N–H and O–H groups in total. The van der Waals surface area contributed by atoms with Gasteiger partial charge in [-0.3, -0.25) is 0 Å². The normalized spacial score (nSPS) is 27.9. The molecule has 2 aromatic heterocycles. The van der Waals surface area contributed by atoms with Gasteiger partial charge in [0.1, 0.15) is 15.9 Å². The molecular weight excluding hydrogens is 496 g/mol. The molecule has 2 atom stereocenters. The van der Waals surface area contributed by atoms with Crippen molar-refractivity contribution in [1.82, 2.24) is 29.8 Å². The van der Waals surface area contributed by atoms with Crippen molar-refractivity contribution >= 4 is 33.5 Å². The Morgan fingerprint density at radius 2 is 1.76 bits per heavy atom. The number of rotatable bonds is 6. The Morgan fingerprint density at radius 1 is 1.05 bits per heavy atom. The van der Waals surface area contributed by atoms with Crippen LogP contribution in [-0.4, -0.2) is 93.9 Å². The Labute approximate surface area is 216 Å². The van der Waals surface area contributed by atoms with Crippen LogP contribution < -0.4 is 16.0 Å². The van der Waals surface area contributed by atoms with E-state index in [1.807, 2.05) is 11.1 Å². The van der Waals surface area contributed by atoms with Crippen molar-refractivity contribution in [1.29, 1.82) is 0 Å². The smallest absolute Gasteiger partial charge is 0.410 e. The van der Waals surface area contributed by atoms with Crippen LogP contribution in [0, 0.1) is 0 Å². The lowest BCUT2D eigenvalue weighted by Gasteiger charge is -2.40. The number of nitrogens with zero attached hydrogens (tertiary/aromatic N) is 5. The summed E-state index contributed by atoms with van der Waals surface area (Å²) < 4.78 is 31.2. The summed E-state index contributed by atoms with van der Waals surface area (Å²) in [5.74, 6) is 1.71. The lowest BCUT2D eigenvalue weighted by molar-refractivity contribution is 0.0194. The third kappa shape index (κ3) is 4.95. The third-order valence-corrected chi connectivity index (χ3v) is 9.91. The highest BCUT2D eigenvalue weighted by atomic mass is 32.2. The Kier molecular flexibility index (Phi) is 6.38. The molecule has 4 aliphatic heterocycles. The van der Waals surface area contributed by atoms with Crippen molar-refractivity contribution in [2.75, 3.05) is 35.2 Å². The first-order valence-corrected chi connectivity index (χ1v) is 15.3. The SMILES string of the molecule is CC(C)c1cnn2c(NC3CC4CCC(C3)N4C(=O)OC3CNC3)nc(NC3CCS(=O)(=O)CC3)nc12. The molecule has 0 aliphatic carbocycles. The molecule has 2 bridgehead atoms. The second-order valence-corrected chi connectivity index (χ2v) is 13.5. The Bertz CT molecular complexity index is 1250. The van der Waals surface area contributed by atoms with Crippen LogP contribution in [0.15, 0.2) is 6.20 Å². The van der Waals surface area contributed by atoms with E-state index in [0.717, 1.165) is 50.0 Å². The Hall–Kier alpha value is -2.67. The fourth-order valence-electron chi connectivity index (χ4n) is 6.00. The van der Waals surface area contributed by atoms with Crippen LogP contribution in [0.4, 0.5) is 16.7 Å². The van der Waals surface area contributed by atoms with Gasteiger partial charge in [0.05, 0.1) is 17.7 Å². The minimum Gasteiger partial charge on any atom is -0.443 e. The largest absolute Gasteiger partial charge is 0.443 e. The van der Waals surface area contributed by atoms with Gasteiger partial charge in [-0.1, -0.05) is 13.8 Å². The molecule has 0 aromatic carbocycles. The lowest BCUT2D eigenvalue weighted by Crippen LogP contribution is -2.55. The Balaban J connectivity index is 1.20. The van der Waals surface area contributed by atoms with E-state index in [1.165, 1.54) is 0 Å². The molecular formula is C24H36N8O4S. The summed E-state index contributed by atoms with van der Waals surface area (Å²) in [6.45, 7) is 5.69. The van der Waals surface area contributed by atoms with E-state index < -0.39 is 9.84 Å². The van der Waals surface area contributed by atoms with Crippen molar-refractivity contribution in [3.05, 3.63) is 11.8 Å². The van der Waals surface area contributed by atoms with Gasteiger partial charge in [0.25, 0.3) is 0 Å². The number of anilines is 2. The number of carbonyl (C=O) groups excluding carboxylic acids is 1. The number of piperidine rings is 1. The van der Waals surface area contributed by atoms with Gasteiger partial charge in [-0.05, 0) is 44.4 Å². The van der Waals surface area contributed by atoms with Crippen LogP contribution in [-0.2, 0) is 14.6 Å². The maximum Gasteiger partial charge on any atom is 0.410 e. The zero-order chi connectivity index (χ0) is 25.7. The minimum atomic E-state index is -2.95. The second-order valence-electron chi connectivity index (χ2n) is 11.2. The van der Waals surface area contributed by atoms with Crippen molar-refractivity contribution in [3.8, 4) is 0 Å². The van der Waals surface area contributed by atoms with E-state index in [4.69, 9.17) is 14.7 Å². The van der Waals surface area contributed by atoms with Crippen LogP contribution in [0.3, 0.4) is 0 Å². The fraction of sp³-hybridized carbons (Fsp3) is 0.750. The highest BCUT2D eigenvalue weighted by molar-refractivity contribution is 7.91. The molecule has 37 heavy (non-hydrogen) atoms. The standard InChI is InChI=1S/C24H36N8O4S/c1-14(2)20-13-26-32-21(20)29-22(27-15-5-7-37(34,35)8-6-15)30-23(32)28-16-9-17-3-4-18(10-16)31(17)24(33)36-19-11-25-12-19/h13-19,25H,3-12H2,1-2H3,(H2,27,28,29,30). The predicted molar refractivity (Wildman–Crippen MR) is 139 cm³/mol. The van der Waals surface area contributed by atoms with Crippen molar-refractivity contribution in [2.45, 2.75) is 88.6 Å². The maximum atomic E-state index is 12.8. The topological polar surface area (TPSA) is 143 Å². The summed E-state index contributed by atoms with van der Waals surface area (Å²) in [5.41, 5.74) is 1.78. The molecule has 13 heteroatoms. The maximum absolute atomic E-state index is 12.8. The van der Waals surface area contributed by atoms with Gasteiger partial charge in [-0.25, -0.2) is 13.2 Å². The summed E-state index contributed by atoms with van der Waals surface area (Å²) >= 11 is 0. The zero-order valence-electron chi connectivity index (χ0n) is 21.4. The van der Waals surface area contributed by atoms with E-state index in [2.05, 4.69) is 34.9 Å². The summed E-state index contributed by atoms with van der Waals surface area (Å²) in [7, 11) is -2.95. The number of carbonyl (C=O) groups is 1. The quantitative estimate of drug-likeness (QED) is 0.503. The zero-order valence-corrected chi connectivity index (χ0v) is 22.2. The summed E-state index contributed by atoms with van der Waals surface area (Å²) in [6.07, 6.45) is 6.35. The molecule has 0 radical (unpaired) electrons. The van der Waals surface area contributed by atoms with Gasteiger partial charge < -0.3 is 25.6 Å². The number of amides is 1. The molecule has 6 rings (SSSR count). The number of hydrogen-bond donors (Lipinski definition) is 3. The van der Waals surface area contributed by atoms with Crippen LogP contribution in [0.5, 0.6) is 0 Å². The highest BCUT2D eigenvalue weighted by Crippen LogP contribution is 2.37. The monoisotopic (exact) mass is 532 g/mol. The van der Waals surface area contributed by atoms with Crippen molar-refractivity contribution < 1.29 is 17.9 Å². The third-order valence-electron chi connectivity index (χ3n) is 8.19. The van der Waals surface area contributed by atoms with Crippen LogP contribution >= 0.6 is 0 Å². The van der Waals surface area contributed by atoms with E-state index in [-0.39, 0.29) is 53.8 Å². The number of fused-ring (bicyclic) bond motifs is 3. The van der Waals surface area contributed by atoms with Gasteiger partial charge in [-0.15, -0.1) is 0 Å². The molecule has 2 aromatic rings. The summed E-state index contributed by atoms with van der Waals surface area (Å²) in [6, 6.07) is 0.462. The van der Waals surface area contributed by atoms with Gasteiger partial charge in [0, 0.05) is 42.8 Å². The van der Waals surface area contributed by atoms with E-state index in [1.54, 1.807) is 4.52 Å². The first kappa shape index (κ1) is 24.7. The van der Waals surface area contributed by atoms with Crippen molar-refractivity contribution in [3.63, 3.8) is 0 Å². The number of hydrogen-bond acceptors (Lipinski definition) is 10. The molecule has 0 spiro atoms. The molecule has 6 heterocycles. The lowest BCUT2D eigenvalue weighted by atomic mass is 9.98. The highest BCUT2D eigenvalue weighted by Gasteiger charge is 2.45. The number of ether oxygens (including phenoxy) is 1. The van der Waals surface area contributed by atoms with E-state index in [9.17, 15) is 13.2 Å². The molecule has 12 nitrogen and oxygen atoms in total. The van der Waals surface area contributed by atoms with Gasteiger partial charge >= 0.3 is 6.09 Å². The van der Waals surface area contributed by atoms with Gasteiger partial charge in [-0.2, -0.15) is 19.6 Å². The number of sulfone groups is 1. The summed E-state index contributed by atoms with van der Waals surface area (Å²) in [5, 5.41) is 14.7. The van der Waals surface area contributed by atoms with E-state index >= 15 is 0 Å². The molecule has 4 fully saturated rings. The average Bonchev–Trinajstić information content (AvgIpc) is 3.37. The first-order chi connectivity index (χ1) is 17.8. The fourth-order valence-corrected chi connectivity index (χ4v) is 7.49. The predicted octanol–water partition coefficient (Wildman–Crippen LogP) is 1.75. The molecule has 2 unspecified atom stereocenters. The Morgan fingerprint density at radius 3 is 2.38 bits per heavy atom. The van der Waals surface area contributed by atoms with Gasteiger partial charge in [0.15, 0.2) is 5.65 Å². The van der Waals surface area contributed by atoms with Crippen LogP contribution in [0.2, 0.25) is 0 Å². The van der Waals surface area contributed by atoms with Crippen LogP contribution in [0.25, 0.3) is 5.65 Å². The molecule has 1 amide bonds. The minimum absolute atomic E-state index is 0.0118. The van der Waals surface area contributed by atoms with E-state index in [0.29, 0.717) is 24.7 Å². The summed E-state index contributed by atoms with van der Waals surface area (Å²) in [4.78, 5) is 24.3. The molecule has 4 saturated heterocycles. The molecule has 4 aliphatic rings. The molecule has 202 valence electrons. The second kappa shape index (κ2) is 9.57. The number of aromatic nitrogens is 4. The first-order valence-electron chi connectivity index (χ1n) is 13.4. The number of nitrogens with one attached hydrogen (secondary N) is 3. The van der Waals surface area contributed by atoms with Crippen molar-refractivity contribution in [2.24, 2.45) is 0 Å².